The molecule has 8 nitrogen and oxygen atoms in total. The third kappa shape index (κ3) is 5.93. The Hall–Kier alpha value is -3.92. The fourth-order valence-electron chi connectivity index (χ4n) is 4.79. The second-order valence-electron chi connectivity index (χ2n) is 9.67. The minimum atomic E-state index is -3.85. The minimum absolute atomic E-state index is 0.0296. The zero-order valence-corrected chi connectivity index (χ0v) is 24.5. The number of aromatic amines is 1. The van der Waals surface area contributed by atoms with Gasteiger partial charge in [0.25, 0.3) is 11.8 Å². The zero-order valence-electron chi connectivity index (χ0n) is 22.2. The number of rotatable bonds is 8. The van der Waals surface area contributed by atoms with E-state index in [1.54, 1.807) is 50.4 Å². The van der Waals surface area contributed by atoms with Crippen LogP contribution in [0.15, 0.2) is 65.7 Å². The molecule has 4 aromatic rings. The molecule has 210 valence electrons. The molecule has 3 heterocycles. The van der Waals surface area contributed by atoms with Gasteiger partial charge in [0.15, 0.2) is 9.84 Å². The average molecular weight is 610 g/mol. The molecule has 0 fully saturated rings. The summed E-state index contributed by atoms with van der Waals surface area (Å²) in [6, 6.07) is 14.9. The van der Waals surface area contributed by atoms with Crippen LogP contribution >= 0.6 is 23.2 Å². The molecule has 0 saturated carbocycles. The normalized spacial score (nSPS) is 13.8. The number of carbonyl (C=O) groups excluding carboxylic acids is 2. The molecule has 1 aliphatic heterocycles. The van der Waals surface area contributed by atoms with Gasteiger partial charge in [-0.1, -0.05) is 35.3 Å². The molecule has 0 spiro atoms. The maximum Gasteiger partial charge on any atom is 0.256 e. The number of sulfone groups is 1. The Kier molecular flexibility index (Phi) is 8.04. The largest absolute Gasteiger partial charge is 0.358 e. The molecule has 5 rings (SSSR count). The molecule has 2 aromatic heterocycles. The first-order chi connectivity index (χ1) is 19.5. The van der Waals surface area contributed by atoms with Gasteiger partial charge in [-0.15, -0.1) is 0 Å². The van der Waals surface area contributed by atoms with Gasteiger partial charge in [0.05, 0.1) is 21.8 Å². The topological polar surface area (TPSA) is 121 Å². The van der Waals surface area contributed by atoms with Gasteiger partial charge in [0, 0.05) is 63.1 Å². The van der Waals surface area contributed by atoms with Crippen LogP contribution in [0.3, 0.4) is 0 Å². The molecule has 0 unspecified atom stereocenters. The van der Waals surface area contributed by atoms with Crippen LogP contribution in [0.1, 0.15) is 44.1 Å². The lowest BCUT2D eigenvalue weighted by Gasteiger charge is -2.10. The Bertz CT molecular complexity index is 1800. The van der Waals surface area contributed by atoms with Crippen LogP contribution in [0.5, 0.6) is 0 Å². The summed E-state index contributed by atoms with van der Waals surface area (Å²) in [5.41, 5.74) is 4.78. The van der Waals surface area contributed by atoms with Crippen molar-refractivity contribution in [2.75, 3.05) is 11.9 Å². The summed E-state index contributed by atoms with van der Waals surface area (Å²) >= 11 is 12.4. The van der Waals surface area contributed by atoms with E-state index in [0.717, 1.165) is 5.69 Å². The summed E-state index contributed by atoms with van der Waals surface area (Å²) in [4.78, 5) is 33.4. The van der Waals surface area contributed by atoms with Gasteiger partial charge in [-0.2, -0.15) is 0 Å². The standard InChI is InChI=1S/C30H26Cl2N4O4S/c1-17-27(35-18(2)28(17)30(38)34-13-11-19-6-3-4-12-33-19)15-22-21-14-20(9-10-26(21)36-29(22)37)41(39,40)16-23-24(31)7-5-8-25(23)32/h3-10,12,14-15,35H,11,13,16H2,1-2H3,(H,34,38)(H,36,37). The molecule has 41 heavy (non-hydrogen) atoms. The van der Waals surface area contributed by atoms with Crippen LogP contribution in [0, 0.1) is 13.8 Å². The summed E-state index contributed by atoms with van der Waals surface area (Å²) in [5.74, 6) is -1.00. The van der Waals surface area contributed by atoms with Crippen LogP contribution in [-0.4, -0.2) is 36.7 Å². The molecule has 11 heteroatoms. The number of hydrogen-bond acceptors (Lipinski definition) is 5. The molecule has 0 radical (unpaired) electrons. The van der Waals surface area contributed by atoms with Crippen LogP contribution in [0.4, 0.5) is 5.69 Å². The van der Waals surface area contributed by atoms with Crippen molar-refractivity contribution in [2.45, 2.75) is 30.9 Å². The molecular weight excluding hydrogens is 583 g/mol. The highest BCUT2D eigenvalue weighted by Gasteiger charge is 2.28. The second kappa shape index (κ2) is 11.5. The Morgan fingerprint density at radius 3 is 2.51 bits per heavy atom. The number of hydrogen-bond donors (Lipinski definition) is 3. The van der Waals surface area contributed by atoms with Gasteiger partial charge in [-0.3, -0.25) is 14.6 Å². The fraction of sp³-hybridized carbons (Fsp3) is 0.167. The number of aryl methyl sites for hydroxylation is 1. The van der Waals surface area contributed by atoms with Crippen molar-refractivity contribution in [2.24, 2.45) is 0 Å². The van der Waals surface area contributed by atoms with E-state index in [4.69, 9.17) is 23.2 Å². The Balaban J connectivity index is 1.41. The molecule has 2 amide bonds. The summed E-state index contributed by atoms with van der Waals surface area (Å²) in [6.07, 6.45) is 3.94. The van der Waals surface area contributed by atoms with Crippen molar-refractivity contribution in [3.05, 3.63) is 110 Å². The van der Waals surface area contributed by atoms with Gasteiger partial charge < -0.3 is 15.6 Å². The summed E-state index contributed by atoms with van der Waals surface area (Å²) in [6.45, 7) is 4.00. The number of aromatic nitrogens is 2. The molecule has 0 saturated heterocycles. The molecular formula is C30H26Cl2N4O4S. The summed E-state index contributed by atoms with van der Waals surface area (Å²) in [7, 11) is -3.85. The number of fused-ring (bicyclic) bond motifs is 1. The van der Waals surface area contributed by atoms with Crippen molar-refractivity contribution >= 4 is 62.2 Å². The van der Waals surface area contributed by atoms with Gasteiger partial charge in [-0.25, -0.2) is 8.42 Å². The van der Waals surface area contributed by atoms with Crippen molar-refractivity contribution in [3.8, 4) is 0 Å². The fourth-order valence-corrected chi connectivity index (χ4v) is 6.91. The SMILES string of the molecule is Cc1[nH]c(C=C2C(=O)Nc3ccc(S(=O)(=O)Cc4c(Cl)cccc4Cl)cc32)c(C)c1C(=O)NCCc1ccccn1. The predicted octanol–water partition coefficient (Wildman–Crippen LogP) is 5.77. The van der Waals surface area contributed by atoms with Crippen LogP contribution in [-0.2, 0) is 26.8 Å². The van der Waals surface area contributed by atoms with Crippen LogP contribution < -0.4 is 10.6 Å². The van der Waals surface area contributed by atoms with Gasteiger partial charge in [0.1, 0.15) is 0 Å². The highest BCUT2D eigenvalue weighted by Crippen LogP contribution is 2.37. The third-order valence-corrected chi connectivity index (χ3v) is 9.26. The Morgan fingerprint density at radius 2 is 1.80 bits per heavy atom. The molecule has 0 atom stereocenters. The Morgan fingerprint density at radius 1 is 1.05 bits per heavy atom. The predicted molar refractivity (Wildman–Crippen MR) is 161 cm³/mol. The second-order valence-corrected chi connectivity index (χ2v) is 12.5. The van der Waals surface area contributed by atoms with E-state index in [0.29, 0.717) is 52.3 Å². The van der Waals surface area contributed by atoms with E-state index in [1.807, 2.05) is 18.2 Å². The number of nitrogens with zero attached hydrogens (tertiary/aromatic N) is 1. The summed E-state index contributed by atoms with van der Waals surface area (Å²) < 4.78 is 26.6. The molecule has 0 aliphatic carbocycles. The lowest BCUT2D eigenvalue weighted by Crippen LogP contribution is -2.26. The number of halogens is 2. The monoisotopic (exact) mass is 608 g/mol. The number of benzene rings is 2. The minimum Gasteiger partial charge on any atom is -0.358 e. The number of H-pyrrole nitrogens is 1. The molecule has 2 aromatic carbocycles. The van der Waals surface area contributed by atoms with E-state index < -0.39 is 15.6 Å². The van der Waals surface area contributed by atoms with Crippen molar-refractivity contribution in [3.63, 3.8) is 0 Å². The number of nitrogens with one attached hydrogen (secondary N) is 3. The average Bonchev–Trinajstić information content (AvgIpc) is 3.40. The number of pyridine rings is 1. The van der Waals surface area contributed by atoms with E-state index in [2.05, 4.69) is 20.6 Å². The van der Waals surface area contributed by atoms with E-state index in [1.165, 1.54) is 12.1 Å². The maximum absolute atomic E-state index is 13.3. The highest BCUT2D eigenvalue weighted by atomic mass is 35.5. The lowest BCUT2D eigenvalue weighted by molar-refractivity contribution is -0.110. The first-order valence-corrected chi connectivity index (χ1v) is 15.2. The number of carbonyl (C=O) groups is 2. The van der Waals surface area contributed by atoms with E-state index >= 15 is 0 Å². The number of anilines is 1. The summed E-state index contributed by atoms with van der Waals surface area (Å²) in [5, 5.41) is 6.22. The van der Waals surface area contributed by atoms with Crippen LogP contribution in [0.25, 0.3) is 11.6 Å². The van der Waals surface area contributed by atoms with E-state index in [9.17, 15) is 18.0 Å². The van der Waals surface area contributed by atoms with E-state index in [-0.39, 0.29) is 32.3 Å². The quantitative estimate of drug-likeness (QED) is 0.219. The van der Waals surface area contributed by atoms with Crippen molar-refractivity contribution in [1.29, 1.82) is 0 Å². The third-order valence-electron chi connectivity index (χ3n) is 6.91. The first-order valence-electron chi connectivity index (χ1n) is 12.8. The molecule has 1 aliphatic rings. The smallest absolute Gasteiger partial charge is 0.256 e. The maximum atomic E-state index is 13.3. The highest BCUT2D eigenvalue weighted by molar-refractivity contribution is 7.90. The lowest BCUT2D eigenvalue weighted by atomic mass is 10.0. The van der Waals surface area contributed by atoms with Crippen molar-refractivity contribution < 1.29 is 18.0 Å². The van der Waals surface area contributed by atoms with Crippen molar-refractivity contribution in [1.82, 2.24) is 15.3 Å². The zero-order chi connectivity index (χ0) is 29.3. The number of amides is 2. The first kappa shape index (κ1) is 28.6. The Labute approximate surface area is 247 Å². The molecule has 3 N–H and O–H groups in total. The van der Waals surface area contributed by atoms with Gasteiger partial charge >= 0.3 is 0 Å². The van der Waals surface area contributed by atoms with Gasteiger partial charge in [0.2, 0.25) is 0 Å². The van der Waals surface area contributed by atoms with Gasteiger partial charge in [-0.05, 0) is 68.0 Å². The van der Waals surface area contributed by atoms with Crippen LogP contribution in [0.2, 0.25) is 10.0 Å². The molecule has 0 bridgehead atoms.